The molecule has 2 saturated heterocycles. The Hall–Kier alpha value is -4.03. The van der Waals surface area contributed by atoms with Gasteiger partial charge in [0.15, 0.2) is 11.6 Å². The number of benzene rings is 1. The van der Waals surface area contributed by atoms with Gasteiger partial charge < -0.3 is 19.3 Å². The molecule has 14 heteroatoms. The van der Waals surface area contributed by atoms with Gasteiger partial charge in [-0.2, -0.15) is 5.26 Å². The summed E-state index contributed by atoms with van der Waals surface area (Å²) < 4.78 is 43.5. The number of nitrogens with one attached hydrogen (secondary N) is 1. The average Bonchev–Trinajstić information content (AvgIpc) is 3.76. The molecule has 3 aliphatic heterocycles. The van der Waals surface area contributed by atoms with Crippen molar-refractivity contribution in [3.05, 3.63) is 40.7 Å². The number of anilines is 2. The van der Waals surface area contributed by atoms with Crippen LogP contribution in [-0.4, -0.2) is 87.8 Å². The van der Waals surface area contributed by atoms with Crippen molar-refractivity contribution in [2.24, 2.45) is 0 Å². The van der Waals surface area contributed by atoms with Gasteiger partial charge in [0, 0.05) is 66.8 Å². The van der Waals surface area contributed by atoms with E-state index in [0.717, 1.165) is 55.7 Å². The molecule has 7 rings (SSSR count). The molecule has 48 heavy (non-hydrogen) atoms. The van der Waals surface area contributed by atoms with E-state index in [1.165, 1.54) is 0 Å². The summed E-state index contributed by atoms with van der Waals surface area (Å²) in [4.78, 5) is 33.6. The lowest BCUT2D eigenvalue weighted by Crippen LogP contribution is -2.55. The highest BCUT2D eigenvalue weighted by Crippen LogP contribution is 2.46. The zero-order valence-electron chi connectivity index (χ0n) is 27.9. The summed E-state index contributed by atoms with van der Waals surface area (Å²) >= 11 is 0.870. The van der Waals surface area contributed by atoms with Gasteiger partial charge in [-0.25, -0.2) is 23.5 Å². The van der Waals surface area contributed by atoms with Crippen LogP contribution in [0.3, 0.4) is 0 Å². The highest BCUT2D eigenvalue weighted by atomic mass is 32.1. The SMILES string of the molecule is C[C@H]1CN([C@H]2CCN(c3ncc4c5c(c(-c6ncc(F)c7sc(NC(=O)OC(C)(C)C)c(C#N)c67)c(F)c4n3)COC5)[C@H]2C)CCN1C. The van der Waals surface area contributed by atoms with Crippen LogP contribution in [0, 0.1) is 23.0 Å². The van der Waals surface area contributed by atoms with E-state index in [1.54, 1.807) is 27.0 Å². The summed E-state index contributed by atoms with van der Waals surface area (Å²) in [6.07, 6.45) is 2.83. The highest BCUT2D eigenvalue weighted by molar-refractivity contribution is 7.23. The minimum Gasteiger partial charge on any atom is -0.444 e. The number of hydrogen-bond acceptors (Lipinski definition) is 11. The molecule has 0 bridgehead atoms. The minimum atomic E-state index is -0.795. The maximum Gasteiger partial charge on any atom is 0.412 e. The van der Waals surface area contributed by atoms with Crippen LogP contribution in [0.4, 0.5) is 24.5 Å². The van der Waals surface area contributed by atoms with Crippen LogP contribution in [0.5, 0.6) is 0 Å². The fourth-order valence-electron chi connectivity index (χ4n) is 7.21. The Morgan fingerprint density at radius 1 is 1.15 bits per heavy atom. The molecule has 0 saturated carbocycles. The predicted molar refractivity (Wildman–Crippen MR) is 180 cm³/mol. The van der Waals surface area contributed by atoms with Gasteiger partial charge in [0.1, 0.15) is 22.2 Å². The number of pyridine rings is 1. The number of halogens is 2. The molecule has 2 fully saturated rings. The van der Waals surface area contributed by atoms with E-state index >= 15 is 8.78 Å². The van der Waals surface area contributed by atoms with E-state index in [2.05, 4.69) is 52.0 Å². The minimum absolute atomic E-state index is 0.0337. The Morgan fingerprint density at radius 3 is 2.65 bits per heavy atom. The van der Waals surface area contributed by atoms with Crippen molar-refractivity contribution in [3.63, 3.8) is 0 Å². The Labute approximate surface area is 281 Å². The molecular formula is C34H38F2N8O3S. The summed E-state index contributed by atoms with van der Waals surface area (Å²) in [5, 5.41) is 13.5. The predicted octanol–water partition coefficient (Wildman–Crippen LogP) is 6.04. The number of likely N-dealkylation sites (N-methyl/N-ethyl adjacent to an activating group) is 1. The molecule has 4 aromatic rings. The summed E-state index contributed by atoms with van der Waals surface area (Å²) in [5.41, 5.74) is 0.742. The smallest absolute Gasteiger partial charge is 0.412 e. The van der Waals surface area contributed by atoms with E-state index in [9.17, 15) is 10.1 Å². The van der Waals surface area contributed by atoms with Crippen LogP contribution in [0.15, 0.2) is 12.4 Å². The molecule has 0 spiro atoms. The Kier molecular flexibility index (Phi) is 8.22. The molecule has 11 nitrogen and oxygen atoms in total. The number of thiophene rings is 1. The molecule has 3 aromatic heterocycles. The molecule has 1 aromatic carbocycles. The van der Waals surface area contributed by atoms with Crippen LogP contribution >= 0.6 is 11.3 Å². The zero-order chi connectivity index (χ0) is 34.1. The van der Waals surface area contributed by atoms with Crippen LogP contribution in [-0.2, 0) is 22.7 Å². The lowest BCUT2D eigenvalue weighted by Gasteiger charge is -2.42. The first-order valence-corrected chi connectivity index (χ1v) is 17.0. The molecule has 0 unspecified atom stereocenters. The molecule has 252 valence electrons. The van der Waals surface area contributed by atoms with Gasteiger partial charge in [-0.15, -0.1) is 11.3 Å². The summed E-state index contributed by atoms with van der Waals surface area (Å²) in [7, 11) is 2.16. The molecule has 0 aliphatic carbocycles. The number of carbonyl (C=O) groups is 1. The average molecular weight is 677 g/mol. The Balaban J connectivity index is 1.32. The van der Waals surface area contributed by atoms with Crippen molar-refractivity contribution in [1.29, 1.82) is 5.26 Å². The van der Waals surface area contributed by atoms with Crippen molar-refractivity contribution >= 4 is 49.4 Å². The van der Waals surface area contributed by atoms with Gasteiger partial charge in [0.25, 0.3) is 0 Å². The number of amides is 1. The number of nitrogens with zero attached hydrogens (tertiary/aromatic N) is 7. The molecule has 0 radical (unpaired) electrons. The second-order valence-corrected chi connectivity index (χ2v) is 14.9. The van der Waals surface area contributed by atoms with Gasteiger partial charge in [0.2, 0.25) is 5.95 Å². The summed E-state index contributed by atoms with van der Waals surface area (Å²) in [5.74, 6) is -0.900. The third-order valence-electron chi connectivity index (χ3n) is 9.75. The van der Waals surface area contributed by atoms with E-state index in [4.69, 9.17) is 19.4 Å². The lowest BCUT2D eigenvalue weighted by molar-refractivity contribution is 0.0636. The number of nitriles is 1. The number of piperazine rings is 1. The van der Waals surface area contributed by atoms with Crippen LogP contribution in [0.25, 0.3) is 32.2 Å². The number of fused-ring (bicyclic) bond motifs is 4. The van der Waals surface area contributed by atoms with Gasteiger partial charge in [-0.3, -0.25) is 15.2 Å². The highest BCUT2D eigenvalue weighted by Gasteiger charge is 2.39. The van der Waals surface area contributed by atoms with E-state index in [-0.39, 0.29) is 56.7 Å². The van der Waals surface area contributed by atoms with Gasteiger partial charge in [-0.1, -0.05) is 0 Å². The number of ether oxygens (including phenoxy) is 2. The van der Waals surface area contributed by atoms with Crippen LogP contribution in [0.1, 0.15) is 57.7 Å². The van der Waals surface area contributed by atoms with E-state index in [0.29, 0.717) is 29.0 Å². The normalized spacial score (nSPS) is 22.0. The first kappa shape index (κ1) is 32.5. The fraction of sp³-hybridized carbons (Fsp3) is 0.500. The van der Waals surface area contributed by atoms with Crippen molar-refractivity contribution in [3.8, 4) is 17.3 Å². The quantitative estimate of drug-likeness (QED) is 0.274. The molecule has 1 N–H and O–H groups in total. The first-order chi connectivity index (χ1) is 22.9. The summed E-state index contributed by atoms with van der Waals surface area (Å²) in [6, 6.07) is 3.00. The number of aromatic nitrogens is 3. The van der Waals surface area contributed by atoms with Crippen molar-refractivity contribution < 1.29 is 23.0 Å². The van der Waals surface area contributed by atoms with Crippen molar-refractivity contribution in [2.75, 3.05) is 43.4 Å². The zero-order valence-corrected chi connectivity index (χ0v) is 28.7. The number of hydrogen-bond donors (Lipinski definition) is 1. The molecule has 3 atom stereocenters. The van der Waals surface area contributed by atoms with Gasteiger partial charge in [-0.05, 0) is 59.2 Å². The molecule has 1 amide bonds. The molecule has 3 aliphatic rings. The maximum atomic E-state index is 17.0. The second-order valence-electron chi connectivity index (χ2n) is 13.9. The van der Waals surface area contributed by atoms with Gasteiger partial charge in [0.05, 0.1) is 35.4 Å². The topological polar surface area (TPSA) is 120 Å². The lowest BCUT2D eigenvalue weighted by atomic mass is 9.94. The number of rotatable bonds is 4. The monoisotopic (exact) mass is 676 g/mol. The third kappa shape index (κ3) is 5.52. The molecular weight excluding hydrogens is 638 g/mol. The second kappa shape index (κ2) is 12.1. The largest absolute Gasteiger partial charge is 0.444 e. The van der Waals surface area contributed by atoms with Crippen LogP contribution in [0.2, 0.25) is 0 Å². The van der Waals surface area contributed by atoms with Gasteiger partial charge >= 0.3 is 6.09 Å². The maximum absolute atomic E-state index is 17.0. The Morgan fingerprint density at radius 2 is 1.92 bits per heavy atom. The number of carbonyl (C=O) groups excluding carboxylic acids is 1. The Bertz CT molecular complexity index is 1990. The van der Waals surface area contributed by atoms with Crippen LogP contribution < -0.4 is 10.2 Å². The third-order valence-corrected chi connectivity index (χ3v) is 10.9. The fourth-order valence-corrected chi connectivity index (χ4v) is 8.25. The first-order valence-electron chi connectivity index (χ1n) is 16.2. The van der Waals surface area contributed by atoms with E-state index in [1.807, 2.05) is 0 Å². The summed E-state index contributed by atoms with van der Waals surface area (Å²) in [6.45, 7) is 13.6. The van der Waals surface area contributed by atoms with Crippen molar-refractivity contribution in [2.45, 2.75) is 78.0 Å². The van der Waals surface area contributed by atoms with E-state index < -0.39 is 23.3 Å². The standard InChI is InChI=1S/C34H38F2N8O3S/c1-17-14-43(10-9-42(17)6)24-7-8-44(18(24)2)32-39-12-20-21-15-46-16-22(21)25(27(36)28(20)40-32)29-26-19(11-37)31(41-33(45)47-34(3,4)5)48-30(26)23(35)13-38-29/h12-13,17-18,24H,7-10,14-16H2,1-6H3,(H,41,45)/t17-,18-,24-/m0/s1. The molecule has 6 heterocycles. The van der Waals surface area contributed by atoms with Crippen molar-refractivity contribution in [1.82, 2.24) is 24.8 Å².